The molecule has 0 aliphatic carbocycles. The Morgan fingerprint density at radius 3 is 2.67 bits per heavy atom. The second-order valence-electron chi connectivity index (χ2n) is 5.15. The van der Waals surface area contributed by atoms with Crippen molar-refractivity contribution < 1.29 is 9.53 Å². The Balaban J connectivity index is 2.76. The van der Waals surface area contributed by atoms with Crippen molar-refractivity contribution in [3.63, 3.8) is 0 Å². The van der Waals surface area contributed by atoms with Crippen LogP contribution in [0.1, 0.15) is 22.8 Å². The van der Waals surface area contributed by atoms with Crippen LogP contribution in [0.3, 0.4) is 0 Å². The zero-order chi connectivity index (χ0) is 13.6. The van der Waals surface area contributed by atoms with E-state index in [9.17, 15) is 4.79 Å². The molecule has 0 unspecified atom stereocenters. The van der Waals surface area contributed by atoms with E-state index in [2.05, 4.69) is 31.1 Å². The van der Waals surface area contributed by atoms with E-state index in [1.165, 1.54) is 0 Å². The Morgan fingerprint density at radius 1 is 1.33 bits per heavy atom. The van der Waals surface area contributed by atoms with Crippen LogP contribution < -0.4 is 0 Å². The van der Waals surface area contributed by atoms with E-state index in [1.54, 1.807) is 13.0 Å². The third-order valence-electron chi connectivity index (χ3n) is 2.19. The van der Waals surface area contributed by atoms with Crippen molar-refractivity contribution in [3.05, 3.63) is 35.4 Å². The Labute approximate surface area is 110 Å². The van der Waals surface area contributed by atoms with Crippen molar-refractivity contribution in [3.8, 4) is 11.5 Å². The van der Waals surface area contributed by atoms with Crippen molar-refractivity contribution in [2.75, 3.05) is 6.61 Å². The van der Waals surface area contributed by atoms with Crippen molar-refractivity contribution in [2.45, 2.75) is 33.0 Å². The van der Waals surface area contributed by atoms with Gasteiger partial charge in [0, 0.05) is 6.42 Å². The van der Waals surface area contributed by atoms with E-state index < -0.39 is 8.07 Å². The minimum atomic E-state index is -1.31. The van der Waals surface area contributed by atoms with Crippen molar-refractivity contribution in [2.24, 2.45) is 0 Å². The summed E-state index contributed by atoms with van der Waals surface area (Å²) in [6.45, 7) is 8.86. The molecule has 0 N–H and O–H groups in total. The van der Waals surface area contributed by atoms with Gasteiger partial charge >= 0.3 is 5.97 Å². The molecule has 0 aliphatic heterocycles. The van der Waals surface area contributed by atoms with Gasteiger partial charge in [-0.2, -0.15) is 0 Å². The molecule has 2 nitrogen and oxygen atoms in total. The lowest BCUT2D eigenvalue weighted by Gasteiger charge is -2.04. The lowest BCUT2D eigenvalue weighted by molar-refractivity contribution is 0.0526. The highest BCUT2D eigenvalue weighted by molar-refractivity contribution is 6.83. The highest BCUT2D eigenvalue weighted by atomic mass is 28.3. The van der Waals surface area contributed by atoms with Gasteiger partial charge in [0.15, 0.2) is 0 Å². The van der Waals surface area contributed by atoms with Gasteiger partial charge < -0.3 is 4.74 Å². The van der Waals surface area contributed by atoms with E-state index in [4.69, 9.17) is 4.74 Å². The molecule has 0 aromatic heterocycles. The van der Waals surface area contributed by atoms with Crippen LogP contribution in [0.15, 0.2) is 24.3 Å². The third-order valence-corrected chi connectivity index (χ3v) is 3.12. The van der Waals surface area contributed by atoms with Crippen LogP contribution in [0.25, 0.3) is 0 Å². The first-order valence-electron chi connectivity index (χ1n) is 6.18. The fourth-order valence-electron chi connectivity index (χ4n) is 1.43. The molecule has 1 aromatic carbocycles. The molecule has 1 rings (SSSR count). The summed E-state index contributed by atoms with van der Waals surface area (Å²) in [6.07, 6.45) is 0.692. The van der Waals surface area contributed by atoms with Gasteiger partial charge in [-0.15, -0.1) is 11.5 Å². The molecule has 0 saturated heterocycles. The normalized spacial score (nSPS) is 10.4. The summed E-state index contributed by atoms with van der Waals surface area (Å²) >= 11 is 0. The van der Waals surface area contributed by atoms with E-state index in [0.29, 0.717) is 18.6 Å². The van der Waals surface area contributed by atoms with Gasteiger partial charge in [0.05, 0.1) is 12.2 Å². The SMILES string of the molecule is CCOC(=O)c1cccc(CC#C[Si](C)(C)C)c1. The van der Waals surface area contributed by atoms with Crippen LogP contribution in [-0.2, 0) is 11.2 Å². The monoisotopic (exact) mass is 260 g/mol. The van der Waals surface area contributed by atoms with Crippen LogP contribution >= 0.6 is 0 Å². The minimum Gasteiger partial charge on any atom is -0.462 e. The van der Waals surface area contributed by atoms with Crippen LogP contribution in [0.2, 0.25) is 19.6 Å². The van der Waals surface area contributed by atoms with Gasteiger partial charge in [-0.3, -0.25) is 0 Å². The average Bonchev–Trinajstić information content (AvgIpc) is 2.28. The second-order valence-corrected chi connectivity index (χ2v) is 9.90. The molecule has 18 heavy (non-hydrogen) atoms. The Morgan fingerprint density at radius 2 is 2.06 bits per heavy atom. The summed E-state index contributed by atoms with van der Waals surface area (Å²) in [4.78, 5) is 11.6. The number of hydrogen-bond acceptors (Lipinski definition) is 2. The van der Waals surface area contributed by atoms with Crippen LogP contribution in [0, 0.1) is 11.5 Å². The van der Waals surface area contributed by atoms with E-state index in [1.807, 2.05) is 18.2 Å². The predicted molar refractivity (Wildman–Crippen MR) is 77.2 cm³/mol. The summed E-state index contributed by atoms with van der Waals surface area (Å²) < 4.78 is 4.97. The highest BCUT2D eigenvalue weighted by Crippen LogP contribution is 2.07. The number of benzene rings is 1. The molecule has 0 heterocycles. The number of esters is 1. The van der Waals surface area contributed by atoms with Gasteiger partial charge in [0.2, 0.25) is 0 Å². The first kappa shape index (κ1) is 14.5. The van der Waals surface area contributed by atoms with Crippen molar-refractivity contribution in [1.82, 2.24) is 0 Å². The number of hydrogen-bond donors (Lipinski definition) is 0. The fraction of sp³-hybridized carbons (Fsp3) is 0.400. The largest absolute Gasteiger partial charge is 0.462 e. The van der Waals surface area contributed by atoms with Crippen LogP contribution in [0.4, 0.5) is 0 Å². The molecule has 0 fully saturated rings. The van der Waals surface area contributed by atoms with Gasteiger partial charge in [-0.25, -0.2) is 4.79 Å². The highest BCUT2D eigenvalue weighted by Gasteiger charge is 2.08. The smallest absolute Gasteiger partial charge is 0.338 e. The minimum absolute atomic E-state index is 0.266. The summed E-state index contributed by atoms with van der Waals surface area (Å²) in [5.74, 6) is 2.93. The number of carbonyl (C=O) groups excluding carboxylic acids is 1. The van der Waals surface area contributed by atoms with Crippen molar-refractivity contribution >= 4 is 14.0 Å². The molecule has 96 valence electrons. The predicted octanol–water partition coefficient (Wildman–Crippen LogP) is 3.29. The van der Waals surface area contributed by atoms with Crippen LogP contribution in [-0.4, -0.2) is 20.7 Å². The molecule has 0 radical (unpaired) electrons. The van der Waals surface area contributed by atoms with Gasteiger partial charge in [-0.1, -0.05) is 31.8 Å². The van der Waals surface area contributed by atoms with Gasteiger partial charge in [0.25, 0.3) is 0 Å². The van der Waals surface area contributed by atoms with Gasteiger partial charge in [-0.05, 0) is 24.6 Å². The first-order chi connectivity index (χ1) is 8.42. The number of rotatable bonds is 3. The van der Waals surface area contributed by atoms with E-state index >= 15 is 0 Å². The summed E-state index contributed by atoms with van der Waals surface area (Å²) in [5, 5.41) is 0. The molecule has 0 spiro atoms. The average molecular weight is 260 g/mol. The maximum absolute atomic E-state index is 11.6. The number of ether oxygens (including phenoxy) is 1. The molecular weight excluding hydrogens is 240 g/mol. The Hall–Kier alpha value is -1.53. The standard InChI is InChI=1S/C15H20O2Si/c1-5-17-15(16)14-10-6-8-13(12-14)9-7-11-18(2,3)4/h6,8,10,12H,5,9H2,1-4H3. The topological polar surface area (TPSA) is 26.3 Å². The molecule has 0 aliphatic rings. The quantitative estimate of drug-likeness (QED) is 0.473. The lowest BCUT2D eigenvalue weighted by Crippen LogP contribution is -2.16. The summed E-state index contributed by atoms with van der Waals surface area (Å²) in [6, 6.07) is 7.49. The lowest BCUT2D eigenvalue weighted by atomic mass is 10.1. The molecule has 0 amide bonds. The molecule has 0 bridgehead atoms. The fourth-order valence-corrected chi connectivity index (χ4v) is 2.05. The number of carbonyl (C=O) groups is 1. The van der Waals surface area contributed by atoms with Crippen molar-refractivity contribution in [1.29, 1.82) is 0 Å². The molecule has 0 saturated carbocycles. The molecule has 3 heteroatoms. The molecule has 0 atom stereocenters. The summed E-state index contributed by atoms with van der Waals surface area (Å²) in [5.41, 5.74) is 4.98. The Kier molecular flexibility index (Phi) is 5.18. The third kappa shape index (κ3) is 5.20. The zero-order valence-electron chi connectivity index (χ0n) is 11.5. The van der Waals surface area contributed by atoms with E-state index in [-0.39, 0.29) is 5.97 Å². The maximum Gasteiger partial charge on any atom is 0.338 e. The second kappa shape index (κ2) is 6.41. The van der Waals surface area contributed by atoms with Crippen LogP contribution in [0.5, 0.6) is 0 Å². The maximum atomic E-state index is 11.6. The Bertz CT molecular complexity index is 475. The van der Waals surface area contributed by atoms with Gasteiger partial charge in [0.1, 0.15) is 8.07 Å². The first-order valence-corrected chi connectivity index (χ1v) is 9.68. The summed E-state index contributed by atoms with van der Waals surface area (Å²) in [7, 11) is -1.31. The molecular formula is C15H20O2Si. The van der Waals surface area contributed by atoms with E-state index in [0.717, 1.165) is 5.56 Å². The molecule has 1 aromatic rings. The zero-order valence-corrected chi connectivity index (χ0v) is 12.5.